The van der Waals surface area contributed by atoms with Gasteiger partial charge in [0, 0.05) is 17.3 Å². The Balaban J connectivity index is 1.53. The Morgan fingerprint density at radius 2 is 1.84 bits per heavy atom. The third-order valence-corrected chi connectivity index (χ3v) is 7.48. The van der Waals surface area contributed by atoms with Crippen LogP contribution in [0.25, 0.3) is 0 Å². The minimum absolute atomic E-state index is 0.109. The van der Waals surface area contributed by atoms with Crippen molar-refractivity contribution in [2.24, 2.45) is 11.8 Å². The number of ether oxygens (including phenoxy) is 1. The molecule has 0 aliphatic carbocycles. The zero-order chi connectivity index (χ0) is 21.5. The van der Waals surface area contributed by atoms with Gasteiger partial charge in [0.05, 0.1) is 24.6 Å². The Kier molecular flexibility index (Phi) is 3.69. The van der Waals surface area contributed by atoms with E-state index in [4.69, 9.17) is 4.74 Å². The topological polar surface area (TPSA) is 79.0 Å². The molecular weight excluding hydrogens is 394 g/mol. The van der Waals surface area contributed by atoms with Gasteiger partial charge in [-0.25, -0.2) is 4.90 Å². The first-order valence-corrected chi connectivity index (χ1v) is 10.7. The summed E-state index contributed by atoms with van der Waals surface area (Å²) < 4.78 is 5.21. The minimum Gasteiger partial charge on any atom is -0.497 e. The Bertz CT molecular complexity index is 1140. The molecule has 4 aliphatic rings. The molecular formula is C24H23N3O4. The van der Waals surface area contributed by atoms with Crippen LogP contribution in [0.15, 0.2) is 42.5 Å². The molecule has 2 aromatic rings. The molecule has 7 heteroatoms. The molecule has 3 saturated heterocycles. The molecule has 31 heavy (non-hydrogen) atoms. The van der Waals surface area contributed by atoms with E-state index >= 15 is 0 Å². The van der Waals surface area contributed by atoms with Crippen LogP contribution >= 0.6 is 0 Å². The highest BCUT2D eigenvalue weighted by Crippen LogP contribution is 2.60. The second-order valence-corrected chi connectivity index (χ2v) is 8.89. The van der Waals surface area contributed by atoms with Gasteiger partial charge in [-0.3, -0.25) is 19.3 Å². The maximum absolute atomic E-state index is 13.9. The number of fused-ring (bicyclic) bond motifs is 7. The van der Waals surface area contributed by atoms with E-state index in [1.54, 1.807) is 31.4 Å². The number of hydrogen-bond acceptors (Lipinski definition) is 5. The lowest BCUT2D eigenvalue weighted by atomic mass is 9.75. The van der Waals surface area contributed by atoms with Gasteiger partial charge in [-0.05, 0) is 56.6 Å². The molecule has 158 valence electrons. The van der Waals surface area contributed by atoms with E-state index in [9.17, 15) is 14.4 Å². The lowest BCUT2D eigenvalue weighted by Gasteiger charge is -2.36. The van der Waals surface area contributed by atoms with Crippen LogP contribution in [0.2, 0.25) is 0 Å². The van der Waals surface area contributed by atoms with Crippen LogP contribution < -0.4 is 15.0 Å². The molecule has 2 aromatic carbocycles. The van der Waals surface area contributed by atoms with Crippen LogP contribution in [-0.2, 0) is 19.9 Å². The van der Waals surface area contributed by atoms with Crippen LogP contribution in [0.3, 0.4) is 0 Å². The van der Waals surface area contributed by atoms with Crippen molar-refractivity contribution < 1.29 is 19.1 Å². The summed E-state index contributed by atoms with van der Waals surface area (Å²) in [5.41, 5.74) is 1.99. The average Bonchev–Trinajstić information content (AvgIpc) is 3.47. The van der Waals surface area contributed by atoms with E-state index < -0.39 is 17.4 Å². The fraction of sp³-hybridized carbons (Fsp3) is 0.375. The number of anilines is 2. The Labute approximate surface area is 180 Å². The van der Waals surface area contributed by atoms with E-state index in [2.05, 4.69) is 10.2 Å². The van der Waals surface area contributed by atoms with Crippen molar-refractivity contribution in [3.8, 4) is 5.75 Å². The highest BCUT2D eigenvalue weighted by Gasteiger charge is 2.74. The zero-order valence-corrected chi connectivity index (χ0v) is 17.4. The number of imide groups is 1. The van der Waals surface area contributed by atoms with E-state index in [1.807, 2.05) is 25.1 Å². The normalized spacial score (nSPS) is 31.2. The summed E-state index contributed by atoms with van der Waals surface area (Å²) in [6.07, 6.45) is 1.72. The summed E-state index contributed by atoms with van der Waals surface area (Å²) in [4.78, 5) is 44.5. The van der Waals surface area contributed by atoms with Gasteiger partial charge in [-0.2, -0.15) is 0 Å². The van der Waals surface area contributed by atoms with Gasteiger partial charge >= 0.3 is 0 Å². The molecule has 6 rings (SSSR count). The number of carbonyl (C=O) groups is 3. The zero-order valence-electron chi connectivity index (χ0n) is 17.4. The SMILES string of the molecule is COc1ccc(N2C(=O)[C@@H]3[C@@H]4CCCN4[C@]4(C(=O)Nc5ccc(C)cc54)[C@H]3C2=O)cc1. The summed E-state index contributed by atoms with van der Waals surface area (Å²) >= 11 is 0. The molecule has 1 spiro atoms. The number of aryl methyl sites for hydroxylation is 1. The Morgan fingerprint density at radius 1 is 1.06 bits per heavy atom. The predicted octanol–water partition coefficient (Wildman–Crippen LogP) is 2.43. The molecule has 0 saturated carbocycles. The quantitative estimate of drug-likeness (QED) is 0.760. The average molecular weight is 417 g/mol. The third kappa shape index (κ3) is 2.14. The molecule has 0 radical (unpaired) electrons. The first kappa shape index (κ1) is 18.6. The summed E-state index contributed by atoms with van der Waals surface area (Å²) in [6, 6.07) is 12.7. The number of hydrogen-bond donors (Lipinski definition) is 1. The van der Waals surface area contributed by atoms with Crippen molar-refractivity contribution in [1.82, 2.24) is 4.90 Å². The highest BCUT2D eigenvalue weighted by molar-refractivity contribution is 6.25. The molecule has 3 amide bonds. The van der Waals surface area contributed by atoms with Gasteiger partial charge in [-0.1, -0.05) is 17.7 Å². The Hall–Kier alpha value is -3.19. The second kappa shape index (κ2) is 6.17. The second-order valence-electron chi connectivity index (χ2n) is 8.89. The first-order chi connectivity index (χ1) is 15.0. The van der Waals surface area contributed by atoms with Crippen molar-refractivity contribution in [3.63, 3.8) is 0 Å². The van der Waals surface area contributed by atoms with Gasteiger partial charge in [-0.15, -0.1) is 0 Å². The lowest BCUT2D eigenvalue weighted by Crippen LogP contribution is -2.54. The minimum atomic E-state index is -1.12. The molecule has 3 fully saturated rings. The fourth-order valence-corrected chi connectivity index (χ4v) is 6.30. The van der Waals surface area contributed by atoms with E-state index in [0.29, 0.717) is 18.0 Å². The summed E-state index contributed by atoms with van der Waals surface area (Å²) in [7, 11) is 1.57. The van der Waals surface area contributed by atoms with Crippen molar-refractivity contribution in [2.75, 3.05) is 23.9 Å². The molecule has 4 heterocycles. The van der Waals surface area contributed by atoms with E-state index in [-0.39, 0.29) is 23.8 Å². The number of nitrogens with zero attached hydrogens (tertiary/aromatic N) is 2. The van der Waals surface area contributed by atoms with Crippen molar-refractivity contribution in [1.29, 1.82) is 0 Å². The molecule has 4 aliphatic heterocycles. The van der Waals surface area contributed by atoms with Crippen molar-refractivity contribution in [2.45, 2.75) is 31.3 Å². The molecule has 4 atom stereocenters. The maximum Gasteiger partial charge on any atom is 0.250 e. The third-order valence-electron chi connectivity index (χ3n) is 7.48. The number of rotatable bonds is 2. The number of methoxy groups -OCH3 is 1. The smallest absolute Gasteiger partial charge is 0.250 e. The van der Waals surface area contributed by atoms with Crippen molar-refractivity contribution in [3.05, 3.63) is 53.6 Å². The van der Waals surface area contributed by atoms with Crippen LogP contribution in [-0.4, -0.2) is 42.3 Å². The number of benzene rings is 2. The van der Waals surface area contributed by atoms with Gasteiger partial charge in [0.2, 0.25) is 17.7 Å². The fourth-order valence-electron chi connectivity index (χ4n) is 6.30. The van der Waals surface area contributed by atoms with Crippen LogP contribution in [0.4, 0.5) is 11.4 Å². The standard InChI is InChI=1S/C24H23N3O4/c1-13-5-10-17-16(12-13)24(23(30)25-17)20-19(18-4-3-11-26(18)24)21(28)27(22(20)29)14-6-8-15(31-2)9-7-14/h5-10,12,18-20H,3-4,11H2,1-2H3,(H,25,30)/t18-,19+,20+,24-/m0/s1. The molecule has 7 nitrogen and oxygen atoms in total. The summed E-state index contributed by atoms with van der Waals surface area (Å²) in [5.74, 6) is -1.28. The maximum atomic E-state index is 13.9. The van der Waals surface area contributed by atoms with E-state index in [0.717, 1.165) is 29.7 Å². The van der Waals surface area contributed by atoms with Gasteiger partial charge in [0.1, 0.15) is 11.3 Å². The van der Waals surface area contributed by atoms with Crippen LogP contribution in [0.5, 0.6) is 5.75 Å². The number of carbonyl (C=O) groups excluding carboxylic acids is 3. The van der Waals surface area contributed by atoms with Crippen LogP contribution in [0, 0.1) is 18.8 Å². The monoisotopic (exact) mass is 417 g/mol. The summed E-state index contributed by atoms with van der Waals surface area (Å²) in [6.45, 7) is 2.69. The number of amides is 3. The number of nitrogens with one attached hydrogen (secondary N) is 1. The summed E-state index contributed by atoms with van der Waals surface area (Å²) in [5, 5.41) is 3.01. The van der Waals surface area contributed by atoms with Crippen molar-refractivity contribution >= 4 is 29.1 Å². The lowest BCUT2D eigenvalue weighted by molar-refractivity contribution is -0.135. The molecule has 0 unspecified atom stereocenters. The molecule has 0 aromatic heterocycles. The van der Waals surface area contributed by atoms with Gasteiger partial charge < -0.3 is 10.1 Å². The first-order valence-electron chi connectivity index (χ1n) is 10.7. The van der Waals surface area contributed by atoms with Gasteiger partial charge in [0.25, 0.3) is 0 Å². The highest BCUT2D eigenvalue weighted by atomic mass is 16.5. The molecule has 0 bridgehead atoms. The van der Waals surface area contributed by atoms with Crippen LogP contribution in [0.1, 0.15) is 24.0 Å². The predicted molar refractivity (Wildman–Crippen MR) is 114 cm³/mol. The molecule has 1 N–H and O–H groups in total. The van der Waals surface area contributed by atoms with E-state index in [1.165, 1.54) is 4.90 Å². The Morgan fingerprint density at radius 3 is 2.58 bits per heavy atom. The largest absolute Gasteiger partial charge is 0.497 e. The van der Waals surface area contributed by atoms with Gasteiger partial charge in [0.15, 0.2) is 0 Å².